The number of fused-ring (bicyclic) bond motifs is 1. The van der Waals surface area contributed by atoms with Gasteiger partial charge in [0.2, 0.25) is 17.7 Å². The Hall–Kier alpha value is -3.95. The third-order valence-electron chi connectivity index (χ3n) is 8.79. The molecule has 2 aromatic rings. The van der Waals surface area contributed by atoms with E-state index in [0.717, 1.165) is 5.56 Å². The van der Waals surface area contributed by atoms with Crippen molar-refractivity contribution in [2.24, 2.45) is 11.8 Å². The van der Waals surface area contributed by atoms with Crippen LogP contribution in [-0.4, -0.2) is 83.2 Å². The van der Waals surface area contributed by atoms with Crippen LogP contribution in [0.1, 0.15) is 31.7 Å². The predicted octanol–water partition coefficient (Wildman–Crippen LogP) is 3.58. The number of nitrogens with zero attached hydrogens (tertiary/aromatic N) is 3. The van der Waals surface area contributed by atoms with Crippen LogP contribution in [0.2, 0.25) is 0 Å². The minimum absolute atomic E-state index is 0.126. The standard InChI is InChI=1S/C34H41N3O6/c1-4-19-35(23-24-11-8-7-9-12-24)33(41)30-34-18-17-27(43-34)28(29(34)32(40)37(30)21-10-22-38)31(39)36(20-5-2)25-13-15-26(16-14-25)42-6-3/h4-5,7-9,11-16,27-30,38H,1-2,6,10,17-23H2,3H3/t27-,28+,29+,30?,34?/m1/s1. The Kier molecular flexibility index (Phi) is 9.32. The zero-order valence-electron chi connectivity index (χ0n) is 24.8. The largest absolute Gasteiger partial charge is 0.494 e. The Morgan fingerprint density at radius 3 is 2.47 bits per heavy atom. The fraction of sp³-hybridized carbons (Fsp3) is 0.441. The fourth-order valence-electron chi connectivity index (χ4n) is 7.08. The monoisotopic (exact) mass is 587 g/mol. The molecule has 5 atom stereocenters. The van der Waals surface area contributed by atoms with E-state index in [2.05, 4.69) is 13.2 Å². The van der Waals surface area contributed by atoms with Gasteiger partial charge in [0.05, 0.1) is 24.5 Å². The molecule has 9 nitrogen and oxygen atoms in total. The number of amides is 3. The van der Waals surface area contributed by atoms with Crippen LogP contribution in [0.5, 0.6) is 5.75 Å². The van der Waals surface area contributed by atoms with Gasteiger partial charge in [0.1, 0.15) is 17.4 Å². The van der Waals surface area contributed by atoms with Crippen molar-refractivity contribution in [3.63, 3.8) is 0 Å². The molecule has 0 radical (unpaired) electrons. The smallest absolute Gasteiger partial charge is 0.248 e. The molecule has 3 aliphatic heterocycles. The van der Waals surface area contributed by atoms with E-state index in [0.29, 0.717) is 50.4 Å². The van der Waals surface area contributed by atoms with Crippen molar-refractivity contribution in [2.75, 3.05) is 37.7 Å². The minimum Gasteiger partial charge on any atom is -0.494 e. The third-order valence-corrected chi connectivity index (χ3v) is 8.79. The summed E-state index contributed by atoms with van der Waals surface area (Å²) >= 11 is 0. The summed E-state index contributed by atoms with van der Waals surface area (Å²) in [4.78, 5) is 47.9. The Morgan fingerprint density at radius 2 is 1.81 bits per heavy atom. The molecule has 3 aliphatic rings. The summed E-state index contributed by atoms with van der Waals surface area (Å²) in [6.07, 6.45) is 4.24. The van der Waals surface area contributed by atoms with Gasteiger partial charge in [0.15, 0.2) is 0 Å². The van der Waals surface area contributed by atoms with Gasteiger partial charge < -0.3 is 29.3 Å². The number of benzene rings is 2. The molecule has 5 rings (SSSR count). The van der Waals surface area contributed by atoms with Crippen LogP contribution in [0.4, 0.5) is 5.69 Å². The van der Waals surface area contributed by atoms with Crippen LogP contribution in [0.3, 0.4) is 0 Å². The molecule has 3 heterocycles. The molecule has 1 spiro atoms. The van der Waals surface area contributed by atoms with Crippen molar-refractivity contribution in [2.45, 2.75) is 50.5 Å². The van der Waals surface area contributed by atoms with Crippen molar-refractivity contribution < 1.29 is 29.0 Å². The molecule has 43 heavy (non-hydrogen) atoms. The average Bonchev–Trinajstić information content (AvgIpc) is 3.66. The highest BCUT2D eigenvalue weighted by atomic mass is 16.5. The molecule has 3 amide bonds. The molecular formula is C34H41N3O6. The second-order valence-electron chi connectivity index (χ2n) is 11.3. The second-order valence-corrected chi connectivity index (χ2v) is 11.3. The highest BCUT2D eigenvalue weighted by molar-refractivity contribution is 6.03. The molecule has 2 bridgehead atoms. The summed E-state index contributed by atoms with van der Waals surface area (Å²) < 4.78 is 12.2. The zero-order valence-corrected chi connectivity index (χ0v) is 24.8. The first-order valence-corrected chi connectivity index (χ1v) is 15.1. The van der Waals surface area contributed by atoms with Gasteiger partial charge in [-0.15, -0.1) is 13.2 Å². The Balaban J connectivity index is 1.49. The molecule has 3 saturated heterocycles. The Labute approximate surface area is 253 Å². The second kappa shape index (κ2) is 13.1. The normalized spacial score (nSPS) is 25.3. The van der Waals surface area contributed by atoms with Crippen molar-refractivity contribution in [3.8, 4) is 5.75 Å². The molecule has 3 fully saturated rings. The lowest BCUT2D eigenvalue weighted by Gasteiger charge is -2.37. The first-order chi connectivity index (χ1) is 20.9. The number of rotatable bonds is 14. The number of aliphatic hydroxyl groups excluding tert-OH is 1. The van der Waals surface area contributed by atoms with Gasteiger partial charge >= 0.3 is 0 Å². The van der Waals surface area contributed by atoms with Crippen LogP contribution < -0.4 is 9.64 Å². The van der Waals surface area contributed by atoms with Crippen LogP contribution in [0.15, 0.2) is 79.9 Å². The van der Waals surface area contributed by atoms with E-state index in [9.17, 15) is 19.5 Å². The molecule has 0 aliphatic carbocycles. The van der Waals surface area contributed by atoms with Gasteiger partial charge in [0.25, 0.3) is 0 Å². The molecule has 1 N–H and O–H groups in total. The number of carbonyl (C=O) groups is 3. The number of anilines is 1. The fourth-order valence-corrected chi connectivity index (χ4v) is 7.08. The molecular weight excluding hydrogens is 546 g/mol. The number of likely N-dealkylation sites (tertiary alicyclic amines) is 1. The highest BCUT2D eigenvalue weighted by Crippen LogP contribution is 2.59. The Morgan fingerprint density at radius 1 is 1.09 bits per heavy atom. The number of hydrogen-bond acceptors (Lipinski definition) is 6. The van der Waals surface area contributed by atoms with Gasteiger partial charge in [0, 0.05) is 38.5 Å². The quantitative estimate of drug-likeness (QED) is 0.340. The van der Waals surface area contributed by atoms with Crippen molar-refractivity contribution >= 4 is 23.4 Å². The maximum Gasteiger partial charge on any atom is 0.248 e. The van der Waals surface area contributed by atoms with Crippen molar-refractivity contribution in [1.29, 1.82) is 0 Å². The van der Waals surface area contributed by atoms with E-state index >= 15 is 0 Å². The van der Waals surface area contributed by atoms with Gasteiger partial charge in [-0.2, -0.15) is 0 Å². The first kappa shape index (κ1) is 30.5. The van der Waals surface area contributed by atoms with Gasteiger partial charge in [-0.1, -0.05) is 42.5 Å². The molecule has 9 heteroatoms. The highest BCUT2D eigenvalue weighted by Gasteiger charge is 2.74. The lowest BCUT2D eigenvalue weighted by Crippen LogP contribution is -2.56. The third kappa shape index (κ3) is 5.59. The van der Waals surface area contributed by atoms with Gasteiger partial charge in [-0.25, -0.2) is 0 Å². The van der Waals surface area contributed by atoms with Crippen LogP contribution in [0, 0.1) is 11.8 Å². The van der Waals surface area contributed by atoms with E-state index in [1.165, 1.54) is 0 Å². The minimum atomic E-state index is -1.12. The molecule has 2 aromatic carbocycles. The molecule has 228 valence electrons. The summed E-state index contributed by atoms with van der Waals surface area (Å²) in [6, 6.07) is 16.0. The van der Waals surface area contributed by atoms with Crippen molar-refractivity contribution in [1.82, 2.24) is 9.80 Å². The molecule has 0 aromatic heterocycles. The SMILES string of the molecule is C=CCN(Cc1ccccc1)C(=O)C1N(CCCO)C(=O)[C@@H]2[C@@H](C(=O)N(CC=C)c3ccc(OCC)cc3)[C@H]3CCC12O3. The zero-order chi connectivity index (χ0) is 30.6. The Bertz CT molecular complexity index is 1330. The van der Waals surface area contributed by atoms with E-state index in [1.807, 2.05) is 61.5 Å². The lowest BCUT2D eigenvalue weighted by molar-refractivity contribution is -0.148. The summed E-state index contributed by atoms with van der Waals surface area (Å²) in [5.74, 6) is -1.58. The maximum absolute atomic E-state index is 14.4. The predicted molar refractivity (Wildman–Crippen MR) is 163 cm³/mol. The number of carbonyl (C=O) groups excluding carboxylic acids is 3. The van der Waals surface area contributed by atoms with E-state index in [4.69, 9.17) is 9.47 Å². The lowest BCUT2D eigenvalue weighted by atomic mass is 9.70. The number of ether oxygens (including phenoxy) is 2. The van der Waals surface area contributed by atoms with Gasteiger partial charge in [-0.3, -0.25) is 14.4 Å². The average molecular weight is 588 g/mol. The topological polar surface area (TPSA) is 99.6 Å². The van der Waals surface area contributed by atoms with E-state index in [1.54, 1.807) is 26.9 Å². The summed E-state index contributed by atoms with van der Waals surface area (Å²) in [6.45, 7) is 11.1. The summed E-state index contributed by atoms with van der Waals surface area (Å²) in [7, 11) is 0. The number of hydrogen-bond donors (Lipinski definition) is 1. The first-order valence-electron chi connectivity index (χ1n) is 15.1. The van der Waals surface area contributed by atoms with Crippen LogP contribution in [-0.2, 0) is 25.7 Å². The van der Waals surface area contributed by atoms with Gasteiger partial charge in [-0.05, 0) is 56.0 Å². The van der Waals surface area contributed by atoms with E-state index < -0.39 is 29.6 Å². The number of aliphatic hydroxyl groups is 1. The van der Waals surface area contributed by atoms with Crippen LogP contribution >= 0.6 is 0 Å². The molecule has 2 unspecified atom stereocenters. The van der Waals surface area contributed by atoms with E-state index in [-0.39, 0.29) is 37.4 Å². The molecule has 0 saturated carbocycles. The summed E-state index contributed by atoms with van der Waals surface area (Å²) in [5, 5.41) is 9.65. The van der Waals surface area contributed by atoms with Crippen molar-refractivity contribution in [3.05, 3.63) is 85.5 Å². The summed E-state index contributed by atoms with van der Waals surface area (Å²) in [5.41, 5.74) is 0.502. The maximum atomic E-state index is 14.4. The van der Waals surface area contributed by atoms with Crippen LogP contribution in [0.25, 0.3) is 0 Å².